The summed E-state index contributed by atoms with van der Waals surface area (Å²) in [5, 5.41) is 5.42. The van der Waals surface area contributed by atoms with Gasteiger partial charge in [0.2, 0.25) is 5.91 Å². The number of rotatable bonds is 9. The van der Waals surface area contributed by atoms with E-state index in [0.717, 1.165) is 67.1 Å². The summed E-state index contributed by atoms with van der Waals surface area (Å²) in [5.74, 6) is 1.00. The van der Waals surface area contributed by atoms with Crippen LogP contribution in [0.4, 0.5) is 0 Å². The standard InChI is InChI=1S/C31H38N4O3S/c1-21-8-10-23(11-9-21)29-26-18-25(13-12-22(26)14-16-35(29)31(37)24-6-4-5-7-24)38-19-28-33-27(20-39-28)30(36)32-15-17-34(2)3/h8-13,18,20,24,29H,4-7,14-17,19H2,1-3H3,(H,32,36)/t29-/m0/s1. The van der Waals surface area contributed by atoms with Gasteiger partial charge in [0.1, 0.15) is 23.1 Å². The van der Waals surface area contributed by atoms with Crippen LogP contribution in [0.2, 0.25) is 0 Å². The lowest BCUT2D eigenvalue weighted by Crippen LogP contribution is -2.43. The van der Waals surface area contributed by atoms with Crippen molar-refractivity contribution in [1.29, 1.82) is 0 Å². The highest BCUT2D eigenvalue weighted by Crippen LogP contribution is 2.40. The second-order valence-corrected chi connectivity index (χ2v) is 11.9. The number of hydrogen-bond donors (Lipinski definition) is 1. The van der Waals surface area contributed by atoms with Crippen molar-refractivity contribution in [2.45, 2.75) is 51.7 Å². The average Bonchev–Trinajstić information content (AvgIpc) is 3.64. The highest BCUT2D eigenvalue weighted by atomic mass is 32.1. The molecule has 1 fully saturated rings. The van der Waals surface area contributed by atoms with Crippen molar-refractivity contribution < 1.29 is 14.3 Å². The van der Waals surface area contributed by atoms with E-state index in [2.05, 4.69) is 58.5 Å². The molecule has 0 spiro atoms. The van der Waals surface area contributed by atoms with Gasteiger partial charge in [0, 0.05) is 30.9 Å². The number of aryl methyl sites for hydroxylation is 1. The molecule has 39 heavy (non-hydrogen) atoms. The Balaban J connectivity index is 1.33. The van der Waals surface area contributed by atoms with Crippen molar-refractivity contribution in [3.63, 3.8) is 0 Å². The number of ether oxygens (including phenoxy) is 1. The van der Waals surface area contributed by atoms with Gasteiger partial charge < -0.3 is 19.9 Å². The maximum atomic E-state index is 13.7. The molecule has 2 heterocycles. The molecule has 0 radical (unpaired) electrons. The minimum absolute atomic E-state index is 0.122. The molecule has 0 saturated heterocycles. The monoisotopic (exact) mass is 546 g/mol. The Morgan fingerprint density at radius 1 is 1.13 bits per heavy atom. The van der Waals surface area contributed by atoms with Crippen molar-refractivity contribution in [3.8, 4) is 5.75 Å². The second-order valence-electron chi connectivity index (χ2n) is 10.9. The van der Waals surface area contributed by atoms with Crippen LogP contribution < -0.4 is 10.1 Å². The Bertz CT molecular complexity index is 1300. The summed E-state index contributed by atoms with van der Waals surface area (Å²) < 4.78 is 6.17. The first-order valence-corrected chi connectivity index (χ1v) is 14.8. The van der Waals surface area contributed by atoms with Gasteiger partial charge in [-0.05, 0) is 69.1 Å². The number of fused-ring (bicyclic) bond motifs is 1. The molecule has 1 aromatic heterocycles. The smallest absolute Gasteiger partial charge is 0.270 e. The zero-order valence-corrected chi connectivity index (χ0v) is 23.9. The SMILES string of the molecule is Cc1ccc([C@H]2c3cc(OCc4nc(C(=O)NCCN(C)C)cs4)ccc3CCN2C(=O)C2CCCC2)cc1. The predicted octanol–water partition coefficient (Wildman–Crippen LogP) is 4.99. The lowest BCUT2D eigenvalue weighted by molar-refractivity contribution is -0.137. The van der Waals surface area contributed by atoms with Crippen molar-refractivity contribution in [3.05, 3.63) is 80.8 Å². The molecule has 1 saturated carbocycles. The van der Waals surface area contributed by atoms with Gasteiger partial charge in [0.25, 0.3) is 5.91 Å². The second kappa shape index (κ2) is 12.3. The van der Waals surface area contributed by atoms with E-state index in [1.165, 1.54) is 22.5 Å². The first-order valence-electron chi connectivity index (χ1n) is 13.9. The van der Waals surface area contributed by atoms with Crippen LogP contribution in [0.3, 0.4) is 0 Å². The summed E-state index contributed by atoms with van der Waals surface area (Å²) in [5.41, 5.74) is 5.15. The maximum absolute atomic E-state index is 13.7. The molecule has 5 rings (SSSR count). The van der Waals surface area contributed by atoms with Crippen molar-refractivity contribution in [2.75, 3.05) is 33.7 Å². The molecule has 206 valence electrons. The molecule has 1 aliphatic carbocycles. The van der Waals surface area contributed by atoms with Crippen molar-refractivity contribution >= 4 is 23.2 Å². The van der Waals surface area contributed by atoms with E-state index >= 15 is 0 Å². The Morgan fingerprint density at radius 2 is 1.90 bits per heavy atom. The molecule has 2 aliphatic rings. The molecule has 2 aromatic carbocycles. The molecule has 8 heteroatoms. The highest BCUT2D eigenvalue weighted by Gasteiger charge is 2.36. The molecule has 3 aromatic rings. The normalized spacial score (nSPS) is 17.3. The van der Waals surface area contributed by atoms with E-state index < -0.39 is 0 Å². The van der Waals surface area contributed by atoms with E-state index in [-0.39, 0.29) is 30.4 Å². The Morgan fingerprint density at radius 3 is 2.64 bits per heavy atom. The van der Waals surface area contributed by atoms with Crippen molar-refractivity contribution in [2.24, 2.45) is 5.92 Å². The molecule has 1 aliphatic heterocycles. The van der Waals surface area contributed by atoms with Crippen LogP contribution in [-0.4, -0.2) is 60.3 Å². The third-order valence-corrected chi connectivity index (χ3v) is 8.54. The lowest BCUT2D eigenvalue weighted by atomic mass is 9.86. The van der Waals surface area contributed by atoms with Gasteiger partial charge in [-0.25, -0.2) is 4.98 Å². The summed E-state index contributed by atoms with van der Waals surface area (Å²) in [7, 11) is 3.94. The van der Waals surface area contributed by atoms with Crippen LogP contribution in [0.5, 0.6) is 5.75 Å². The number of amides is 2. The lowest BCUT2D eigenvalue weighted by Gasteiger charge is -2.39. The summed E-state index contributed by atoms with van der Waals surface area (Å²) in [4.78, 5) is 34.7. The fourth-order valence-electron chi connectivity index (χ4n) is 5.55. The fourth-order valence-corrected chi connectivity index (χ4v) is 6.23. The Kier molecular flexibility index (Phi) is 8.63. The van der Waals surface area contributed by atoms with Gasteiger partial charge in [-0.2, -0.15) is 0 Å². The largest absolute Gasteiger partial charge is 0.486 e. The highest BCUT2D eigenvalue weighted by molar-refractivity contribution is 7.09. The van der Waals surface area contributed by atoms with Gasteiger partial charge in [-0.1, -0.05) is 48.7 Å². The minimum Gasteiger partial charge on any atom is -0.486 e. The van der Waals surface area contributed by atoms with E-state index in [0.29, 0.717) is 12.2 Å². The quantitative estimate of drug-likeness (QED) is 0.410. The first kappa shape index (κ1) is 27.3. The number of likely N-dealkylation sites (N-methyl/N-ethyl adjacent to an activating group) is 1. The predicted molar refractivity (Wildman–Crippen MR) is 154 cm³/mol. The van der Waals surface area contributed by atoms with Crippen LogP contribution in [-0.2, 0) is 17.8 Å². The summed E-state index contributed by atoms with van der Waals surface area (Å²) in [6, 6.07) is 14.7. The zero-order chi connectivity index (χ0) is 27.4. The third kappa shape index (κ3) is 6.50. The van der Waals surface area contributed by atoms with Crippen LogP contribution in [0.1, 0.15) is 69.5 Å². The number of nitrogens with one attached hydrogen (secondary N) is 1. The van der Waals surface area contributed by atoms with E-state index in [9.17, 15) is 9.59 Å². The summed E-state index contributed by atoms with van der Waals surface area (Å²) >= 11 is 1.42. The summed E-state index contributed by atoms with van der Waals surface area (Å²) in [6.07, 6.45) is 5.12. The Labute approximate surface area is 235 Å². The molecule has 0 bridgehead atoms. The molecule has 7 nitrogen and oxygen atoms in total. The summed E-state index contributed by atoms with van der Waals surface area (Å²) in [6.45, 7) is 4.46. The first-order chi connectivity index (χ1) is 18.9. The van der Waals surface area contributed by atoms with Crippen LogP contribution in [0.15, 0.2) is 47.8 Å². The molecular formula is C31H38N4O3S. The number of carbonyl (C=O) groups is 2. The minimum atomic E-state index is -0.166. The van der Waals surface area contributed by atoms with Crippen LogP contribution in [0, 0.1) is 12.8 Å². The molecule has 2 amide bonds. The van der Waals surface area contributed by atoms with Crippen molar-refractivity contribution in [1.82, 2.24) is 20.1 Å². The average molecular weight is 547 g/mol. The number of carbonyl (C=O) groups excluding carboxylic acids is 2. The number of benzene rings is 2. The number of aromatic nitrogens is 1. The number of nitrogens with zero attached hydrogens (tertiary/aromatic N) is 3. The topological polar surface area (TPSA) is 74.8 Å². The third-order valence-electron chi connectivity index (χ3n) is 7.72. The van der Waals surface area contributed by atoms with E-state index in [1.807, 2.05) is 25.1 Å². The number of hydrogen-bond acceptors (Lipinski definition) is 6. The molecule has 0 unspecified atom stereocenters. The molecule has 1 N–H and O–H groups in total. The van der Waals surface area contributed by atoms with Gasteiger partial charge in [-0.3, -0.25) is 9.59 Å². The van der Waals surface area contributed by atoms with Gasteiger partial charge in [0.05, 0.1) is 6.04 Å². The van der Waals surface area contributed by atoms with E-state index in [4.69, 9.17) is 4.74 Å². The van der Waals surface area contributed by atoms with E-state index in [1.54, 1.807) is 5.38 Å². The molecular weight excluding hydrogens is 508 g/mol. The zero-order valence-electron chi connectivity index (χ0n) is 23.1. The van der Waals surface area contributed by atoms with Gasteiger partial charge >= 0.3 is 0 Å². The fraction of sp³-hybridized carbons (Fsp3) is 0.452. The molecule has 1 atom stereocenters. The van der Waals surface area contributed by atoms with Crippen LogP contribution in [0.25, 0.3) is 0 Å². The van der Waals surface area contributed by atoms with Gasteiger partial charge in [0.15, 0.2) is 0 Å². The van der Waals surface area contributed by atoms with Crippen LogP contribution >= 0.6 is 11.3 Å². The number of thiazole rings is 1. The Hall–Kier alpha value is -3.23. The van der Waals surface area contributed by atoms with Gasteiger partial charge in [-0.15, -0.1) is 11.3 Å². The maximum Gasteiger partial charge on any atom is 0.270 e.